The maximum atomic E-state index is 11.5. The highest BCUT2D eigenvalue weighted by Crippen LogP contribution is 2.29. The Morgan fingerprint density at radius 3 is 2.55 bits per heavy atom. The third-order valence-corrected chi connectivity index (χ3v) is 4.25. The standard InChI is InChI=1S/C17H21N3O2/c1-12-10-17(20-8-6-19(7-9-20)13(2)21)15-11-14(22-3)4-5-16(15)18-12/h4-5,10-11H,6-9H2,1-3H3/p+1. The number of hydrogen-bond acceptors (Lipinski definition) is 3. The molecule has 5 nitrogen and oxygen atoms in total. The van der Waals surface area contributed by atoms with Crippen LogP contribution in [-0.2, 0) is 4.79 Å². The van der Waals surface area contributed by atoms with Gasteiger partial charge in [-0.2, -0.15) is 0 Å². The van der Waals surface area contributed by atoms with E-state index in [1.54, 1.807) is 14.0 Å². The van der Waals surface area contributed by atoms with E-state index >= 15 is 0 Å². The number of anilines is 1. The number of rotatable bonds is 2. The molecule has 5 heteroatoms. The zero-order valence-electron chi connectivity index (χ0n) is 13.3. The summed E-state index contributed by atoms with van der Waals surface area (Å²) in [6.45, 7) is 6.97. The number of hydrogen-bond donors (Lipinski definition) is 0. The minimum atomic E-state index is 0.156. The number of piperazine rings is 1. The third-order valence-electron chi connectivity index (χ3n) is 4.25. The predicted octanol–water partition coefficient (Wildman–Crippen LogP) is 1.64. The first kappa shape index (κ1) is 14.6. The first-order chi connectivity index (χ1) is 10.6. The number of pyridine rings is 1. The van der Waals surface area contributed by atoms with E-state index < -0.39 is 0 Å². The molecule has 1 saturated heterocycles. The second kappa shape index (κ2) is 5.83. The zero-order valence-corrected chi connectivity index (χ0v) is 13.3. The van der Waals surface area contributed by atoms with E-state index in [9.17, 15) is 4.79 Å². The molecule has 116 valence electrons. The normalized spacial score (nSPS) is 15.2. The highest BCUT2D eigenvalue weighted by molar-refractivity contribution is 5.91. The van der Waals surface area contributed by atoms with Gasteiger partial charge >= 0.3 is 0 Å². The number of amides is 1. The third kappa shape index (κ3) is 2.71. The predicted molar refractivity (Wildman–Crippen MR) is 86.3 cm³/mol. The zero-order chi connectivity index (χ0) is 15.7. The van der Waals surface area contributed by atoms with Crippen molar-refractivity contribution in [3.8, 4) is 5.75 Å². The number of ether oxygens (including phenoxy) is 1. The number of benzene rings is 1. The maximum absolute atomic E-state index is 11.5. The number of methoxy groups -OCH3 is 1. The van der Waals surface area contributed by atoms with Crippen LogP contribution in [-0.4, -0.2) is 44.1 Å². The SMILES string of the molecule is COc1ccc2[nH+]c(C)cc(N3CCN(C(C)=O)CC3)c2c1. The number of fused-ring (bicyclic) bond motifs is 1. The first-order valence-corrected chi connectivity index (χ1v) is 7.59. The molecule has 1 N–H and O–H groups in total. The van der Waals surface area contributed by atoms with Crippen molar-refractivity contribution in [1.29, 1.82) is 0 Å². The summed E-state index contributed by atoms with van der Waals surface area (Å²) in [7, 11) is 1.68. The molecule has 0 radical (unpaired) electrons. The summed E-state index contributed by atoms with van der Waals surface area (Å²) in [5, 5.41) is 1.15. The fraction of sp³-hybridized carbons (Fsp3) is 0.412. The molecule has 0 bridgehead atoms. The average Bonchev–Trinajstić information content (AvgIpc) is 2.53. The topological polar surface area (TPSA) is 46.9 Å². The largest absolute Gasteiger partial charge is 0.497 e. The Labute approximate surface area is 130 Å². The Morgan fingerprint density at radius 1 is 1.18 bits per heavy atom. The van der Waals surface area contributed by atoms with Crippen LogP contribution in [0, 0.1) is 6.92 Å². The van der Waals surface area contributed by atoms with Crippen LogP contribution in [0.15, 0.2) is 24.3 Å². The maximum Gasteiger partial charge on any atom is 0.219 e. The van der Waals surface area contributed by atoms with Gasteiger partial charge in [0.25, 0.3) is 0 Å². The molecule has 1 fully saturated rings. The van der Waals surface area contributed by atoms with Gasteiger partial charge in [-0.15, -0.1) is 0 Å². The monoisotopic (exact) mass is 300 g/mol. The summed E-state index contributed by atoms with van der Waals surface area (Å²) in [6, 6.07) is 8.26. The molecule has 1 aromatic carbocycles. The Bertz CT molecular complexity index is 706. The summed E-state index contributed by atoms with van der Waals surface area (Å²) in [5.74, 6) is 1.01. The molecule has 1 aromatic heterocycles. The van der Waals surface area contributed by atoms with E-state index in [4.69, 9.17) is 4.74 Å². The van der Waals surface area contributed by atoms with Crippen LogP contribution < -0.4 is 14.6 Å². The summed E-state index contributed by atoms with van der Waals surface area (Å²) < 4.78 is 5.36. The molecule has 0 spiro atoms. The number of carbonyl (C=O) groups excluding carboxylic acids is 1. The second-order valence-corrected chi connectivity index (χ2v) is 5.74. The lowest BCUT2D eigenvalue weighted by molar-refractivity contribution is -0.354. The molecule has 1 amide bonds. The van der Waals surface area contributed by atoms with Crippen molar-refractivity contribution in [2.75, 3.05) is 38.2 Å². The number of carbonyl (C=O) groups is 1. The van der Waals surface area contributed by atoms with Crippen LogP contribution in [0.2, 0.25) is 0 Å². The van der Waals surface area contributed by atoms with Gasteiger partial charge in [0, 0.05) is 52.2 Å². The van der Waals surface area contributed by atoms with Crippen LogP contribution in [0.4, 0.5) is 5.69 Å². The molecular weight excluding hydrogens is 278 g/mol. The fourth-order valence-corrected chi connectivity index (χ4v) is 3.03. The smallest absolute Gasteiger partial charge is 0.219 e. The van der Waals surface area contributed by atoms with Gasteiger partial charge in [0.15, 0.2) is 5.69 Å². The van der Waals surface area contributed by atoms with Gasteiger partial charge in [0.05, 0.1) is 18.2 Å². The lowest BCUT2D eigenvalue weighted by Crippen LogP contribution is -2.48. The lowest BCUT2D eigenvalue weighted by Gasteiger charge is -2.35. The van der Waals surface area contributed by atoms with Crippen molar-refractivity contribution >= 4 is 22.5 Å². The van der Waals surface area contributed by atoms with E-state index in [0.717, 1.165) is 48.5 Å². The van der Waals surface area contributed by atoms with E-state index in [0.29, 0.717) is 0 Å². The molecule has 2 heterocycles. The van der Waals surface area contributed by atoms with Gasteiger partial charge < -0.3 is 14.5 Å². The van der Waals surface area contributed by atoms with Crippen molar-refractivity contribution in [3.63, 3.8) is 0 Å². The van der Waals surface area contributed by atoms with Gasteiger partial charge in [0.2, 0.25) is 11.4 Å². The van der Waals surface area contributed by atoms with Crippen LogP contribution >= 0.6 is 0 Å². The highest BCUT2D eigenvalue weighted by Gasteiger charge is 2.22. The van der Waals surface area contributed by atoms with Crippen LogP contribution in [0.1, 0.15) is 12.6 Å². The van der Waals surface area contributed by atoms with Gasteiger partial charge in [-0.1, -0.05) is 0 Å². The number of aromatic nitrogens is 1. The number of H-pyrrole nitrogens is 1. The second-order valence-electron chi connectivity index (χ2n) is 5.74. The van der Waals surface area contributed by atoms with Crippen molar-refractivity contribution in [1.82, 2.24) is 4.90 Å². The summed E-state index contributed by atoms with van der Waals surface area (Å²) in [4.78, 5) is 19.1. The van der Waals surface area contributed by atoms with Gasteiger partial charge in [0.1, 0.15) is 5.75 Å². The number of aromatic amines is 1. The Hall–Kier alpha value is -2.30. The van der Waals surface area contributed by atoms with Crippen LogP contribution in [0.5, 0.6) is 5.75 Å². The summed E-state index contributed by atoms with van der Waals surface area (Å²) in [6.07, 6.45) is 0. The fourth-order valence-electron chi connectivity index (χ4n) is 3.03. The van der Waals surface area contributed by atoms with E-state index in [2.05, 4.69) is 35.0 Å². The number of aryl methyl sites for hydroxylation is 1. The molecule has 1 aliphatic rings. The molecule has 1 aliphatic heterocycles. The summed E-state index contributed by atoms with van der Waals surface area (Å²) >= 11 is 0. The Kier molecular flexibility index (Phi) is 3.88. The van der Waals surface area contributed by atoms with Gasteiger partial charge in [-0.05, 0) is 12.1 Å². The van der Waals surface area contributed by atoms with Gasteiger partial charge in [-0.25, -0.2) is 4.98 Å². The van der Waals surface area contributed by atoms with Crippen molar-refractivity contribution in [3.05, 3.63) is 30.0 Å². The Balaban J connectivity index is 1.97. The van der Waals surface area contributed by atoms with Crippen molar-refractivity contribution in [2.24, 2.45) is 0 Å². The first-order valence-electron chi connectivity index (χ1n) is 7.59. The van der Waals surface area contributed by atoms with Crippen molar-refractivity contribution in [2.45, 2.75) is 13.8 Å². The minimum absolute atomic E-state index is 0.156. The summed E-state index contributed by atoms with van der Waals surface area (Å²) in [5.41, 5.74) is 3.43. The van der Waals surface area contributed by atoms with E-state index in [-0.39, 0.29) is 5.91 Å². The molecule has 3 rings (SSSR count). The highest BCUT2D eigenvalue weighted by atomic mass is 16.5. The minimum Gasteiger partial charge on any atom is -0.497 e. The molecule has 2 aromatic rings. The molecule has 0 saturated carbocycles. The van der Waals surface area contributed by atoms with Gasteiger partial charge in [-0.3, -0.25) is 4.79 Å². The average molecular weight is 300 g/mol. The molecule has 0 aliphatic carbocycles. The van der Waals surface area contributed by atoms with Crippen LogP contribution in [0.3, 0.4) is 0 Å². The molecule has 0 unspecified atom stereocenters. The Morgan fingerprint density at radius 2 is 1.91 bits per heavy atom. The molecular formula is C17H22N3O2+. The van der Waals surface area contributed by atoms with E-state index in [1.165, 1.54) is 5.69 Å². The quantitative estimate of drug-likeness (QED) is 0.847. The molecule has 22 heavy (non-hydrogen) atoms. The lowest BCUT2D eigenvalue weighted by atomic mass is 10.1. The van der Waals surface area contributed by atoms with Crippen LogP contribution in [0.25, 0.3) is 10.9 Å². The number of nitrogens with one attached hydrogen (secondary N) is 1. The van der Waals surface area contributed by atoms with Crippen molar-refractivity contribution < 1.29 is 14.5 Å². The molecule has 0 atom stereocenters. The number of nitrogens with zero attached hydrogens (tertiary/aromatic N) is 2. The van der Waals surface area contributed by atoms with E-state index in [1.807, 2.05) is 11.0 Å².